The van der Waals surface area contributed by atoms with Crippen LogP contribution in [0.1, 0.15) is 19.3 Å². The molecule has 25 heavy (non-hydrogen) atoms. The minimum Gasteiger partial charge on any atom is -0.381 e. The highest BCUT2D eigenvalue weighted by molar-refractivity contribution is 5.40. The van der Waals surface area contributed by atoms with Gasteiger partial charge in [0.2, 0.25) is 0 Å². The van der Waals surface area contributed by atoms with Gasteiger partial charge in [0.15, 0.2) is 0 Å². The minimum absolute atomic E-state index is 0.0807. The summed E-state index contributed by atoms with van der Waals surface area (Å²) >= 11 is 0. The molecular weight excluding hydrogens is 334 g/mol. The van der Waals surface area contributed by atoms with Gasteiger partial charge in [-0.2, -0.15) is 0 Å². The SMILES string of the molecule is Cn1c(N2CC[C@H](NC3CCOCCC3(F)F)C2)cc(=O)n(C)c1=O. The van der Waals surface area contributed by atoms with Crippen LogP contribution in [0.3, 0.4) is 0 Å². The lowest BCUT2D eigenvalue weighted by Crippen LogP contribution is -2.50. The van der Waals surface area contributed by atoms with Gasteiger partial charge < -0.3 is 15.0 Å². The van der Waals surface area contributed by atoms with Crippen LogP contribution in [0, 0.1) is 0 Å². The Bertz CT molecular complexity index is 746. The fourth-order valence-corrected chi connectivity index (χ4v) is 3.52. The second-order valence-corrected chi connectivity index (χ2v) is 6.80. The van der Waals surface area contributed by atoms with E-state index >= 15 is 0 Å². The van der Waals surface area contributed by atoms with E-state index in [0.717, 1.165) is 4.57 Å². The van der Waals surface area contributed by atoms with Crippen molar-refractivity contribution in [2.75, 3.05) is 31.2 Å². The number of halogens is 2. The molecule has 0 aliphatic carbocycles. The molecule has 0 bridgehead atoms. The Kier molecular flexibility index (Phi) is 4.97. The zero-order valence-corrected chi connectivity index (χ0v) is 14.5. The van der Waals surface area contributed by atoms with Gasteiger partial charge in [0.25, 0.3) is 11.5 Å². The van der Waals surface area contributed by atoms with E-state index in [2.05, 4.69) is 5.32 Å². The Hall–Kier alpha value is -1.74. The summed E-state index contributed by atoms with van der Waals surface area (Å²) in [5, 5.41) is 3.07. The van der Waals surface area contributed by atoms with Crippen molar-refractivity contribution >= 4 is 5.82 Å². The molecule has 0 saturated carbocycles. The number of aromatic nitrogens is 2. The molecule has 1 unspecified atom stereocenters. The first-order valence-corrected chi connectivity index (χ1v) is 8.53. The first kappa shape index (κ1) is 18.1. The van der Waals surface area contributed by atoms with Gasteiger partial charge in [0.05, 0.1) is 12.6 Å². The predicted octanol–water partition coefficient (Wildman–Crippen LogP) is 0.0666. The van der Waals surface area contributed by atoms with E-state index in [1.54, 1.807) is 7.05 Å². The molecule has 0 amide bonds. The number of alkyl halides is 2. The standard InChI is InChI=1S/C16H24F2N4O3/c1-20-13(9-14(23)21(2)15(20)24)22-6-3-11(10-22)19-12-4-7-25-8-5-16(12,17)18/h9,11-12,19H,3-8,10H2,1-2H3/t11-,12?/m0/s1. The molecule has 2 saturated heterocycles. The largest absolute Gasteiger partial charge is 0.381 e. The van der Waals surface area contributed by atoms with E-state index < -0.39 is 17.7 Å². The molecule has 9 heteroatoms. The number of nitrogens with zero attached hydrogens (tertiary/aromatic N) is 3. The van der Waals surface area contributed by atoms with Crippen LogP contribution in [0.15, 0.2) is 15.7 Å². The molecule has 1 N–H and O–H groups in total. The molecule has 140 valence electrons. The fraction of sp³-hybridized carbons (Fsp3) is 0.750. The van der Waals surface area contributed by atoms with Crippen LogP contribution >= 0.6 is 0 Å². The first-order chi connectivity index (χ1) is 11.8. The summed E-state index contributed by atoms with van der Waals surface area (Å²) < 4.78 is 36.0. The number of hydrogen-bond donors (Lipinski definition) is 1. The molecule has 0 spiro atoms. The van der Waals surface area contributed by atoms with Crippen molar-refractivity contribution in [3.8, 4) is 0 Å². The average Bonchev–Trinajstić information content (AvgIpc) is 2.96. The van der Waals surface area contributed by atoms with Gasteiger partial charge in [0.1, 0.15) is 5.82 Å². The van der Waals surface area contributed by atoms with E-state index in [4.69, 9.17) is 4.74 Å². The van der Waals surface area contributed by atoms with E-state index in [-0.39, 0.29) is 31.0 Å². The van der Waals surface area contributed by atoms with Crippen molar-refractivity contribution in [1.82, 2.24) is 14.5 Å². The van der Waals surface area contributed by atoms with Crippen molar-refractivity contribution in [2.24, 2.45) is 14.1 Å². The van der Waals surface area contributed by atoms with E-state index in [1.165, 1.54) is 17.7 Å². The van der Waals surface area contributed by atoms with Gasteiger partial charge >= 0.3 is 5.69 Å². The van der Waals surface area contributed by atoms with Crippen molar-refractivity contribution in [1.29, 1.82) is 0 Å². The summed E-state index contributed by atoms with van der Waals surface area (Å²) in [6.45, 7) is 1.49. The molecule has 1 aromatic heterocycles. The van der Waals surface area contributed by atoms with Crippen LogP contribution in [0.5, 0.6) is 0 Å². The Morgan fingerprint density at radius 2 is 1.96 bits per heavy atom. The van der Waals surface area contributed by atoms with Gasteiger partial charge in [-0.25, -0.2) is 13.6 Å². The smallest absolute Gasteiger partial charge is 0.332 e. The number of rotatable bonds is 3. The van der Waals surface area contributed by atoms with Crippen LogP contribution in [0.2, 0.25) is 0 Å². The van der Waals surface area contributed by atoms with Crippen LogP contribution < -0.4 is 21.5 Å². The summed E-state index contributed by atoms with van der Waals surface area (Å²) in [6, 6.07) is 0.387. The number of nitrogens with one attached hydrogen (secondary N) is 1. The monoisotopic (exact) mass is 358 g/mol. The molecule has 3 heterocycles. The van der Waals surface area contributed by atoms with Gasteiger partial charge in [-0.15, -0.1) is 0 Å². The van der Waals surface area contributed by atoms with Crippen molar-refractivity contribution in [3.05, 3.63) is 26.9 Å². The number of hydrogen-bond acceptors (Lipinski definition) is 5. The molecular formula is C16H24F2N4O3. The lowest BCUT2D eigenvalue weighted by molar-refractivity contribution is -0.0463. The van der Waals surface area contributed by atoms with E-state index in [9.17, 15) is 18.4 Å². The van der Waals surface area contributed by atoms with Gasteiger partial charge in [-0.3, -0.25) is 13.9 Å². The summed E-state index contributed by atoms with van der Waals surface area (Å²) in [5.74, 6) is -2.27. The Labute approximate surface area is 144 Å². The maximum atomic E-state index is 14.2. The normalized spacial score (nSPS) is 26.6. The van der Waals surface area contributed by atoms with Crippen LogP contribution in [0.25, 0.3) is 0 Å². The maximum absolute atomic E-state index is 14.2. The molecule has 1 aromatic rings. The molecule has 2 aliphatic rings. The van der Waals surface area contributed by atoms with Gasteiger partial charge in [0, 0.05) is 52.3 Å². The molecule has 2 atom stereocenters. The van der Waals surface area contributed by atoms with Crippen molar-refractivity contribution in [3.63, 3.8) is 0 Å². The summed E-state index contributed by atoms with van der Waals surface area (Å²) in [4.78, 5) is 25.8. The van der Waals surface area contributed by atoms with Crippen LogP contribution in [0.4, 0.5) is 14.6 Å². The lowest BCUT2D eigenvalue weighted by Gasteiger charge is -2.28. The topological polar surface area (TPSA) is 68.5 Å². The number of ether oxygens (including phenoxy) is 1. The third-order valence-electron chi connectivity index (χ3n) is 5.09. The highest BCUT2D eigenvalue weighted by Gasteiger charge is 2.42. The third-order valence-corrected chi connectivity index (χ3v) is 5.09. The second-order valence-electron chi connectivity index (χ2n) is 6.80. The zero-order valence-electron chi connectivity index (χ0n) is 14.5. The maximum Gasteiger partial charge on any atom is 0.332 e. The molecule has 3 rings (SSSR count). The van der Waals surface area contributed by atoms with E-state index in [0.29, 0.717) is 31.9 Å². The molecule has 0 radical (unpaired) electrons. The van der Waals surface area contributed by atoms with Crippen LogP contribution in [-0.2, 0) is 18.8 Å². The second kappa shape index (κ2) is 6.87. The Morgan fingerprint density at radius 1 is 1.20 bits per heavy atom. The van der Waals surface area contributed by atoms with Crippen molar-refractivity contribution in [2.45, 2.75) is 37.3 Å². The molecule has 7 nitrogen and oxygen atoms in total. The highest BCUT2D eigenvalue weighted by atomic mass is 19.3. The van der Waals surface area contributed by atoms with Crippen molar-refractivity contribution < 1.29 is 13.5 Å². The van der Waals surface area contributed by atoms with E-state index in [1.807, 2.05) is 4.90 Å². The predicted molar refractivity (Wildman–Crippen MR) is 89.5 cm³/mol. The summed E-state index contributed by atoms with van der Waals surface area (Å²) in [5.41, 5.74) is -0.770. The summed E-state index contributed by atoms with van der Waals surface area (Å²) in [7, 11) is 3.04. The van der Waals surface area contributed by atoms with Gasteiger partial charge in [-0.05, 0) is 12.8 Å². The average molecular weight is 358 g/mol. The zero-order chi connectivity index (χ0) is 18.2. The molecule has 2 fully saturated rings. The third kappa shape index (κ3) is 3.62. The Morgan fingerprint density at radius 3 is 2.72 bits per heavy atom. The quantitative estimate of drug-likeness (QED) is 0.828. The molecule has 2 aliphatic heterocycles. The number of anilines is 1. The molecule has 0 aromatic carbocycles. The lowest BCUT2D eigenvalue weighted by atomic mass is 10.0. The van der Waals surface area contributed by atoms with Crippen LogP contribution in [-0.4, -0.2) is 53.4 Å². The first-order valence-electron chi connectivity index (χ1n) is 8.53. The Balaban J connectivity index is 1.72. The van der Waals surface area contributed by atoms with Gasteiger partial charge in [-0.1, -0.05) is 0 Å². The summed E-state index contributed by atoms with van der Waals surface area (Å²) in [6.07, 6.45) is 0.676. The fourth-order valence-electron chi connectivity index (χ4n) is 3.52. The highest BCUT2D eigenvalue weighted by Crippen LogP contribution is 2.29. The minimum atomic E-state index is -2.79.